The molecule has 0 bridgehead atoms. The van der Waals surface area contributed by atoms with Crippen LogP contribution in [0.25, 0.3) is 11.0 Å². The van der Waals surface area contributed by atoms with Crippen molar-refractivity contribution in [3.05, 3.63) is 86.4 Å². The van der Waals surface area contributed by atoms with Crippen LogP contribution >= 0.6 is 11.3 Å². The van der Waals surface area contributed by atoms with Gasteiger partial charge in [-0.05, 0) is 75.1 Å². The summed E-state index contributed by atoms with van der Waals surface area (Å²) in [4.78, 5) is 72.2. The number of piperazine rings is 1. The van der Waals surface area contributed by atoms with Crippen molar-refractivity contribution in [3.63, 3.8) is 0 Å². The molecule has 74 heavy (non-hydrogen) atoms. The lowest BCUT2D eigenvalue weighted by Gasteiger charge is -2.35. The first kappa shape index (κ1) is 55.6. The summed E-state index contributed by atoms with van der Waals surface area (Å²) < 4.78 is 68.0. The maximum Gasteiger partial charge on any atom is 0.427 e. The summed E-state index contributed by atoms with van der Waals surface area (Å²) in [5.41, 5.74) is 3.73. The maximum absolute atomic E-state index is 13.6. The van der Waals surface area contributed by atoms with Crippen molar-refractivity contribution >= 4 is 68.2 Å². The first-order valence-electron chi connectivity index (χ1n) is 24.7. The highest BCUT2D eigenvalue weighted by molar-refractivity contribution is 7.15. The quantitative estimate of drug-likeness (QED) is 0.0332. The highest BCUT2D eigenvalue weighted by atomic mass is 32.1. The number of hydrogen-bond donors (Lipinski definition) is 4. The molecular weight excluding hydrogens is 988 g/mol. The Morgan fingerprint density at radius 2 is 1.43 bits per heavy atom. The van der Waals surface area contributed by atoms with Gasteiger partial charge in [-0.3, -0.25) is 34.0 Å². The van der Waals surface area contributed by atoms with Gasteiger partial charge in [0, 0.05) is 68.1 Å². The minimum atomic E-state index is -4.52. The van der Waals surface area contributed by atoms with Crippen molar-refractivity contribution in [1.29, 1.82) is 0 Å². The molecule has 0 unspecified atom stereocenters. The van der Waals surface area contributed by atoms with E-state index >= 15 is 0 Å². The number of carbonyl (C=O) groups is 3. The number of thiazole rings is 1. The van der Waals surface area contributed by atoms with Crippen LogP contribution in [0.4, 0.5) is 41.4 Å². The van der Waals surface area contributed by atoms with Crippen molar-refractivity contribution in [2.75, 3.05) is 133 Å². The number of anilines is 5. The number of nitrogens with zero attached hydrogens (tertiary/aromatic N) is 7. The van der Waals surface area contributed by atoms with Crippen molar-refractivity contribution in [2.24, 2.45) is 0 Å². The molecule has 1 aliphatic heterocycles. The Labute approximate surface area is 430 Å². The number of aryl methyl sites for hydroxylation is 2. The summed E-state index contributed by atoms with van der Waals surface area (Å²) in [5, 5.41) is 12.3. The number of carbonyl (C=O) groups excluding carboxylic acids is 3. The second-order valence-corrected chi connectivity index (χ2v) is 18.8. The third-order valence-electron chi connectivity index (χ3n) is 12.5. The first-order chi connectivity index (χ1) is 35.7. The van der Waals surface area contributed by atoms with Crippen LogP contribution in [-0.2, 0) is 34.7 Å². The van der Waals surface area contributed by atoms with Gasteiger partial charge in [0.2, 0.25) is 11.9 Å². The van der Waals surface area contributed by atoms with Gasteiger partial charge in [-0.2, -0.15) is 18.2 Å². The number of ketones is 1. The third kappa shape index (κ3) is 15.9. The molecule has 0 atom stereocenters. The SMILES string of the molecule is CC(=O)c1c(C)c2cnc(Nc3ccc(N4CCN(CC(=O)NCCOCCOCCOCCOCCOCCNc5ccc(C(=O)Nc6ncc(C(F)(F)F)s6)c(C)c5)CC4)cn3)nc2n(C2CCCC2)c1=O. The van der Waals surface area contributed by atoms with Gasteiger partial charge in [0.25, 0.3) is 11.5 Å². The van der Waals surface area contributed by atoms with Crippen LogP contribution in [0.1, 0.15) is 75.4 Å². The standard InChI is InChI=1S/C50H64F3N11O9S/c1-33-28-36(8-10-39(33)46(67)61-49-58-31-41(74-49)50(51,52)53)54-12-18-69-20-22-71-24-26-73-27-25-72-23-21-70-19-13-55-43(66)32-62-14-16-63(17-15-62)38-9-11-42(56-29-38)59-48-57-30-40-34(2)44(35(3)65)47(68)64(45(40)60-48)37-6-4-5-7-37/h8-11,28-31,37,54H,4-7,12-27,32H2,1-3H3,(H,55,66)(H,58,61,67)(H,56,57,59,60). The molecule has 20 nitrogen and oxygen atoms in total. The van der Waals surface area contributed by atoms with Crippen LogP contribution < -0.4 is 31.7 Å². The van der Waals surface area contributed by atoms with Crippen LogP contribution in [-0.4, -0.2) is 159 Å². The molecule has 1 aliphatic carbocycles. The highest BCUT2D eigenvalue weighted by Crippen LogP contribution is 2.35. The third-order valence-corrected chi connectivity index (χ3v) is 13.4. The summed E-state index contributed by atoms with van der Waals surface area (Å²) >= 11 is 0.371. The Hall–Kier alpha value is -6.15. The van der Waals surface area contributed by atoms with E-state index in [1.807, 2.05) is 12.1 Å². The number of benzene rings is 1. The van der Waals surface area contributed by atoms with Crippen LogP contribution in [0.3, 0.4) is 0 Å². The van der Waals surface area contributed by atoms with Crippen molar-refractivity contribution in [2.45, 2.75) is 58.7 Å². The number of amides is 2. The molecule has 1 saturated heterocycles. The van der Waals surface area contributed by atoms with E-state index in [-0.39, 0.29) is 34.0 Å². The number of ether oxygens (including phenoxy) is 5. The van der Waals surface area contributed by atoms with Crippen molar-refractivity contribution in [1.82, 2.24) is 34.7 Å². The van der Waals surface area contributed by atoms with Gasteiger partial charge in [0.1, 0.15) is 16.3 Å². The van der Waals surface area contributed by atoms with E-state index in [1.165, 1.54) is 6.92 Å². The Morgan fingerprint density at radius 3 is 2.03 bits per heavy atom. The molecule has 7 rings (SSSR count). The number of pyridine rings is 2. The normalized spacial score (nSPS) is 14.4. The fraction of sp³-hybridized carbons (Fsp3) is 0.520. The number of rotatable bonds is 28. The highest BCUT2D eigenvalue weighted by Gasteiger charge is 2.34. The monoisotopic (exact) mass is 1050 g/mol. The second-order valence-electron chi connectivity index (χ2n) is 17.7. The average molecular weight is 1050 g/mol. The van der Waals surface area contributed by atoms with Gasteiger partial charge in [-0.1, -0.05) is 24.2 Å². The number of fused-ring (bicyclic) bond motifs is 1. The van der Waals surface area contributed by atoms with Crippen LogP contribution in [0.2, 0.25) is 0 Å². The zero-order chi connectivity index (χ0) is 52.5. The van der Waals surface area contributed by atoms with E-state index < -0.39 is 17.0 Å². The van der Waals surface area contributed by atoms with Gasteiger partial charge < -0.3 is 44.5 Å². The Morgan fingerprint density at radius 1 is 0.784 bits per heavy atom. The van der Waals surface area contributed by atoms with Crippen molar-refractivity contribution < 1.29 is 51.2 Å². The number of aromatic nitrogens is 5. The molecule has 0 radical (unpaired) electrons. The van der Waals surface area contributed by atoms with E-state index in [1.54, 1.807) is 49.0 Å². The number of alkyl halides is 3. The molecule has 2 aliphatic rings. The molecule has 2 fully saturated rings. The zero-order valence-corrected chi connectivity index (χ0v) is 42.7. The molecule has 24 heteroatoms. The number of halogens is 3. The largest absolute Gasteiger partial charge is 0.427 e. The molecule has 0 spiro atoms. The van der Waals surface area contributed by atoms with E-state index in [4.69, 9.17) is 28.7 Å². The number of nitrogens with one attached hydrogen (secondary N) is 4. The maximum atomic E-state index is 13.6. The van der Waals surface area contributed by atoms with Gasteiger partial charge in [0.15, 0.2) is 10.9 Å². The molecule has 1 aromatic carbocycles. The minimum Gasteiger partial charge on any atom is -0.383 e. The lowest BCUT2D eigenvalue weighted by molar-refractivity contribution is -0.134. The summed E-state index contributed by atoms with van der Waals surface area (Å²) in [6, 6.07) is 8.92. The van der Waals surface area contributed by atoms with Gasteiger partial charge in [0.05, 0.1) is 96.3 Å². The topological polar surface area (TPSA) is 226 Å². The minimum absolute atomic E-state index is 0.00939. The number of hydrogen-bond acceptors (Lipinski definition) is 18. The predicted molar refractivity (Wildman–Crippen MR) is 274 cm³/mol. The fourth-order valence-corrected chi connectivity index (χ4v) is 9.34. The summed E-state index contributed by atoms with van der Waals surface area (Å²) in [6.07, 6.45) is 3.42. The van der Waals surface area contributed by atoms with Gasteiger partial charge >= 0.3 is 6.18 Å². The molecule has 5 aromatic rings. The first-order valence-corrected chi connectivity index (χ1v) is 25.5. The fourth-order valence-electron chi connectivity index (χ4n) is 8.66. The van der Waals surface area contributed by atoms with Crippen molar-refractivity contribution in [3.8, 4) is 0 Å². The average Bonchev–Trinajstić information content (AvgIpc) is 4.09. The van der Waals surface area contributed by atoms with Gasteiger partial charge in [-0.15, -0.1) is 0 Å². The molecular formula is C50H64F3N11O9S. The smallest absolute Gasteiger partial charge is 0.383 e. The van der Waals surface area contributed by atoms with E-state index in [9.17, 15) is 32.3 Å². The predicted octanol–water partition coefficient (Wildman–Crippen LogP) is 6.03. The molecule has 400 valence electrons. The van der Waals surface area contributed by atoms with Crippen LogP contribution in [0.15, 0.2) is 53.7 Å². The van der Waals surface area contributed by atoms with E-state index in [0.717, 1.165) is 63.2 Å². The number of Topliss-reactive ketones (excluding diaryl/α,β-unsaturated/α-hetero) is 1. The van der Waals surface area contributed by atoms with E-state index in [0.29, 0.717) is 143 Å². The van der Waals surface area contributed by atoms with Gasteiger partial charge in [-0.25, -0.2) is 15.0 Å². The van der Waals surface area contributed by atoms with E-state index in [2.05, 4.69) is 46.0 Å². The summed E-state index contributed by atoms with van der Waals surface area (Å²) in [6.45, 7) is 13.1. The lowest BCUT2D eigenvalue weighted by atomic mass is 10.0. The summed E-state index contributed by atoms with van der Waals surface area (Å²) in [5.74, 6) is 0.0170. The second kappa shape index (κ2) is 27.4. The summed E-state index contributed by atoms with van der Waals surface area (Å²) in [7, 11) is 0. The Bertz CT molecular complexity index is 2710. The molecule has 2 amide bonds. The molecule has 4 aromatic heterocycles. The Kier molecular flexibility index (Phi) is 20.6. The molecule has 5 heterocycles. The Balaban J connectivity index is 0.657. The zero-order valence-electron chi connectivity index (χ0n) is 41.9. The lowest BCUT2D eigenvalue weighted by Crippen LogP contribution is -2.49. The van der Waals surface area contributed by atoms with Crippen LogP contribution in [0, 0.1) is 13.8 Å². The van der Waals surface area contributed by atoms with Crippen LogP contribution in [0.5, 0.6) is 0 Å². The molecule has 1 saturated carbocycles. The molecule has 4 N–H and O–H groups in total.